The van der Waals surface area contributed by atoms with Crippen LogP contribution in [-0.2, 0) is 4.74 Å². The summed E-state index contributed by atoms with van der Waals surface area (Å²) >= 11 is 1.67. The summed E-state index contributed by atoms with van der Waals surface area (Å²) in [5.41, 5.74) is 2.35. The lowest BCUT2D eigenvalue weighted by molar-refractivity contribution is 0.0232. The van der Waals surface area contributed by atoms with Crippen LogP contribution in [0.4, 0.5) is 5.69 Å². The van der Waals surface area contributed by atoms with Gasteiger partial charge in [-0.05, 0) is 31.9 Å². The number of nitrogens with zero attached hydrogens (tertiary/aromatic N) is 1. The fourth-order valence-electron chi connectivity index (χ4n) is 2.47. The first kappa shape index (κ1) is 12.6. The summed E-state index contributed by atoms with van der Waals surface area (Å²) in [4.78, 5) is 4.36. The predicted octanol–water partition coefficient (Wildman–Crippen LogP) is 3.79. The highest BCUT2D eigenvalue weighted by Gasteiger charge is 2.19. The molecule has 4 heteroatoms. The Kier molecular flexibility index (Phi) is 3.80. The molecule has 100 valence electrons. The van der Waals surface area contributed by atoms with Crippen molar-refractivity contribution in [3.8, 4) is 10.6 Å². The van der Waals surface area contributed by atoms with E-state index in [-0.39, 0.29) is 0 Å². The molecule has 0 saturated carbocycles. The Morgan fingerprint density at radius 1 is 1.42 bits per heavy atom. The van der Waals surface area contributed by atoms with E-state index in [0.717, 1.165) is 24.5 Å². The van der Waals surface area contributed by atoms with Gasteiger partial charge in [-0.1, -0.05) is 12.1 Å². The highest BCUT2D eigenvalue weighted by atomic mass is 32.1. The SMILES string of the molecule is CC1CC(Nc2cccc(-c3nccs3)c2)CCO1. The maximum Gasteiger partial charge on any atom is 0.123 e. The van der Waals surface area contributed by atoms with Crippen LogP contribution in [0.25, 0.3) is 10.6 Å². The van der Waals surface area contributed by atoms with Crippen molar-refractivity contribution in [2.45, 2.75) is 31.9 Å². The van der Waals surface area contributed by atoms with E-state index in [2.05, 4.69) is 41.5 Å². The summed E-state index contributed by atoms with van der Waals surface area (Å²) in [7, 11) is 0. The minimum absolute atomic E-state index is 0.355. The minimum Gasteiger partial charge on any atom is -0.382 e. The molecular formula is C15H18N2OS. The Morgan fingerprint density at radius 3 is 3.16 bits per heavy atom. The van der Waals surface area contributed by atoms with E-state index in [1.165, 1.54) is 11.3 Å². The lowest BCUT2D eigenvalue weighted by Crippen LogP contribution is -2.32. The van der Waals surface area contributed by atoms with Gasteiger partial charge < -0.3 is 10.1 Å². The molecular weight excluding hydrogens is 256 g/mol. The molecule has 1 aliphatic heterocycles. The number of ether oxygens (including phenoxy) is 1. The zero-order valence-electron chi connectivity index (χ0n) is 11.0. The Bertz CT molecular complexity index is 527. The highest BCUT2D eigenvalue weighted by molar-refractivity contribution is 7.13. The monoisotopic (exact) mass is 274 g/mol. The van der Waals surface area contributed by atoms with Crippen molar-refractivity contribution in [1.29, 1.82) is 0 Å². The average molecular weight is 274 g/mol. The first-order valence-electron chi connectivity index (χ1n) is 6.69. The molecule has 19 heavy (non-hydrogen) atoms. The molecule has 1 aliphatic rings. The Hall–Kier alpha value is -1.39. The van der Waals surface area contributed by atoms with Gasteiger partial charge in [0.25, 0.3) is 0 Å². The average Bonchev–Trinajstić information content (AvgIpc) is 2.93. The minimum atomic E-state index is 0.355. The quantitative estimate of drug-likeness (QED) is 0.924. The van der Waals surface area contributed by atoms with Crippen LogP contribution in [0, 0.1) is 0 Å². The van der Waals surface area contributed by atoms with Crippen molar-refractivity contribution < 1.29 is 4.74 Å². The third-order valence-electron chi connectivity index (χ3n) is 3.40. The number of rotatable bonds is 3. The molecule has 1 aromatic carbocycles. The van der Waals surface area contributed by atoms with E-state index >= 15 is 0 Å². The molecule has 2 unspecified atom stereocenters. The third kappa shape index (κ3) is 3.14. The first-order chi connectivity index (χ1) is 9.31. The Morgan fingerprint density at radius 2 is 2.37 bits per heavy atom. The molecule has 0 spiro atoms. The summed E-state index contributed by atoms with van der Waals surface area (Å²) in [6.07, 6.45) is 4.35. The van der Waals surface area contributed by atoms with Gasteiger partial charge in [0, 0.05) is 35.5 Å². The summed E-state index contributed by atoms with van der Waals surface area (Å²) < 4.78 is 5.58. The topological polar surface area (TPSA) is 34.2 Å². The van der Waals surface area contributed by atoms with Gasteiger partial charge in [0.15, 0.2) is 0 Å². The highest BCUT2D eigenvalue weighted by Crippen LogP contribution is 2.26. The van der Waals surface area contributed by atoms with E-state index in [1.807, 2.05) is 11.6 Å². The molecule has 0 bridgehead atoms. The normalized spacial score (nSPS) is 23.2. The second-order valence-electron chi connectivity index (χ2n) is 4.97. The van der Waals surface area contributed by atoms with Gasteiger partial charge in [-0.25, -0.2) is 4.98 Å². The lowest BCUT2D eigenvalue weighted by Gasteiger charge is -2.28. The van der Waals surface area contributed by atoms with E-state index < -0.39 is 0 Å². The standard InChI is InChI=1S/C15H18N2OS/c1-11-9-14(5-7-18-11)17-13-4-2-3-12(10-13)15-16-6-8-19-15/h2-4,6,8,10-11,14,17H,5,7,9H2,1H3. The zero-order valence-corrected chi connectivity index (χ0v) is 11.8. The molecule has 1 N–H and O–H groups in total. The third-order valence-corrected chi connectivity index (χ3v) is 4.22. The lowest BCUT2D eigenvalue weighted by atomic mass is 10.0. The number of thiazole rings is 1. The van der Waals surface area contributed by atoms with Gasteiger partial charge in [-0.3, -0.25) is 0 Å². The summed E-state index contributed by atoms with van der Waals surface area (Å²) in [5, 5.41) is 6.69. The summed E-state index contributed by atoms with van der Waals surface area (Å²) in [6, 6.07) is 9.00. The smallest absolute Gasteiger partial charge is 0.123 e. The number of anilines is 1. The van der Waals surface area contributed by atoms with Gasteiger partial charge in [-0.15, -0.1) is 11.3 Å². The Balaban J connectivity index is 1.73. The van der Waals surface area contributed by atoms with Crippen LogP contribution in [-0.4, -0.2) is 23.7 Å². The van der Waals surface area contributed by atoms with Crippen molar-refractivity contribution in [2.75, 3.05) is 11.9 Å². The van der Waals surface area contributed by atoms with Gasteiger partial charge >= 0.3 is 0 Å². The predicted molar refractivity (Wildman–Crippen MR) is 79.6 cm³/mol. The molecule has 0 aliphatic carbocycles. The molecule has 1 fully saturated rings. The Labute approximate surface area is 117 Å². The number of hydrogen-bond donors (Lipinski definition) is 1. The van der Waals surface area contributed by atoms with Gasteiger partial charge in [0.05, 0.1) is 6.10 Å². The van der Waals surface area contributed by atoms with E-state index in [4.69, 9.17) is 4.74 Å². The molecule has 0 amide bonds. The van der Waals surface area contributed by atoms with Crippen LogP contribution in [0.5, 0.6) is 0 Å². The van der Waals surface area contributed by atoms with Crippen molar-refractivity contribution >= 4 is 17.0 Å². The second-order valence-corrected chi connectivity index (χ2v) is 5.86. The van der Waals surface area contributed by atoms with E-state index in [1.54, 1.807) is 11.3 Å². The molecule has 0 radical (unpaired) electrons. The van der Waals surface area contributed by atoms with Gasteiger partial charge in [-0.2, -0.15) is 0 Å². The van der Waals surface area contributed by atoms with E-state index in [0.29, 0.717) is 12.1 Å². The van der Waals surface area contributed by atoms with Crippen LogP contribution in [0.2, 0.25) is 0 Å². The molecule has 1 saturated heterocycles. The zero-order chi connectivity index (χ0) is 13.1. The molecule has 2 atom stereocenters. The largest absolute Gasteiger partial charge is 0.382 e. The number of aromatic nitrogens is 1. The van der Waals surface area contributed by atoms with Crippen LogP contribution in [0.15, 0.2) is 35.8 Å². The van der Waals surface area contributed by atoms with Crippen LogP contribution >= 0.6 is 11.3 Å². The van der Waals surface area contributed by atoms with Crippen LogP contribution < -0.4 is 5.32 Å². The molecule has 1 aromatic heterocycles. The van der Waals surface area contributed by atoms with Crippen molar-refractivity contribution in [2.24, 2.45) is 0 Å². The molecule has 3 rings (SSSR count). The fraction of sp³-hybridized carbons (Fsp3) is 0.400. The van der Waals surface area contributed by atoms with Crippen molar-refractivity contribution in [3.63, 3.8) is 0 Å². The maximum absolute atomic E-state index is 5.58. The number of hydrogen-bond acceptors (Lipinski definition) is 4. The summed E-state index contributed by atoms with van der Waals surface area (Å²) in [5.74, 6) is 0. The second kappa shape index (κ2) is 5.72. The van der Waals surface area contributed by atoms with Crippen LogP contribution in [0.3, 0.4) is 0 Å². The first-order valence-corrected chi connectivity index (χ1v) is 7.57. The van der Waals surface area contributed by atoms with E-state index in [9.17, 15) is 0 Å². The molecule has 2 aromatic rings. The molecule has 2 heterocycles. The van der Waals surface area contributed by atoms with Crippen LogP contribution in [0.1, 0.15) is 19.8 Å². The number of nitrogens with one attached hydrogen (secondary N) is 1. The summed E-state index contributed by atoms with van der Waals surface area (Å²) in [6.45, 7) is 2.99. The molecule has 3 nitrogen and oxygen atoms in total. The maximum atomic E-state index is 5.58. The van der Waals surface area contributed by atoms with Gasteiger partial charge in [0.2, 0.25) is 0 Å². The van der Waals surface area contributed by atoms with Gasteiger partial charge in [0.1, 0.15) is 5.01 Å². The van der Waals surface area contributed by atoms with Crippen molar-refractivity contribution in [1.82, 2.24) is 4.98 Å². The number of benzene rings is 1. The van der Waals surface area contributed by atoms with Crippen molar-refractivity contribution in [3.05, 3.63) is 35.8 Å². The fourth-order valence-corrected chi connectivity index (χ4v) is 3.11.